The molecule has 1 fully saturated rings. The standard InChI is InChI=1S/C29H40N2O2.ClH/c1-21-11-12-24(17-22(21)2)31-15-13-30(14-16-31)19-25(32)20-33-29-18-23-7-3-4-8-26(23)27-9-5-6-10-28(27)29;/h11-12,17-18,25,32H,3-10,13-16,19-20H2,1-2H3;1H. The minimum atomic E-state index is -0.451. The molecule has 1 heterocycles. The number of nitrogens with zero attached hydrogens (tertiary/aromatic N) is 2. The van der Waals surface area contributed by atoms with Crippen LogP contribution in [-0.4, -0.2) is 55.4 Å². The SMILES string of the molecule is Cc1ccc(N2CCN(CC(O)COc3cc4c(c5c3CCCC5)CCCC4)CC2)cc1C.Cl. The Kier molecular flexibility index (Phi) is 8.44. The molecule has 34 heavy (non-hydrogen) atoms. The highest BCUT2D eigenvalue weighted by atomic mass is 35.5. The van der Waals surface area contributed by atoms with Crippen LogP contribution in [0.2, 0.25) is 0 Å². The molecule has 2 aromatic carbocycles. The van der Waals surface area contributed by atoms with Crippen molar-refractivity contribution in [2.75, 3.05) is 44.2 Å². The van der Waals surface area contributed by atoms with Crippen molar-refractivity contribution in [1.29, 1.82) is 0 Å². The third-order valence-electron chi connectivity index (χ3n) is 8.07. The molecule has 5 heteroatoms. The fourth-order valence-corrected chi connectivity index (χ4v) is 5.96. The van der Waals surface area contributed by atoms with E-state index in [1.165, 1.54) is 72.9 Å². The molecule has 0 bridgehead atoms. The number of β-amino-alcohol motifs (C(OH)–C–C–N with tert-alkyl or cyclic N) is 1. The Morgan fingerprint density at radius 3 is 2.24 bits per heavy atom. The van der Waals surface area contributed by atoms with Crippen molar-refractivity contribution in [3.8, 4) is 5.75 Å². The van der Waals surface area contributed by atoms with E-state index in [1.54, 1.807) is 11.1 Å². The Bertz CT molecular complexity index is 985. The highest BCUT2D eigenvalue weighted by molar-refractivity contribution is 5.85. The summed E-state index contributed by atoms with van der Waals surface area (Å²) >= 11 is 0. The molecule has 1 unspecified atom stereocenters. The van der Waals surface area contributed by atoms with Gasteiger partial charge in [0.15, 0.2) is 0 Å². The Balaban J connectivity index is 0.00000274. The van der Waals surface area contributed by atoms with Crippen molar-refractivity contribution in [1.82, 2.24) is 4.90 Å². The Labute approximate surface area is 211 Å². The van der Waals surface area contributed by atoms with Gasteiger partial charge in [0.25, 0.3) is 0 Å². The summed E-state index contributed by atoms with van der Waals surface area (Å²) in [7, 11) is 0. The molecule has 3 aliphatic rings. The van der Waals surface area contributed by atoms with Crippen molar-refractivity contribution in [3.63, 3.8) is 0 Å². The van der Waals surface area contributed by atoms with Crippen LogP contribution < -0.4 is 9.64 Å². The number of rotatable bonds is 6. The van der Waals surface area contributed by atoms with Gasteiger partial charge in [0.1, 0.15) is 18.5 Å². The number of fused-ring (bicyclic) bond motifs is 3. The number of piperazine rings is 1. The summed E-state index contributed by atoms with van der Waals surface area (Å²) < 4.78 is 6.30. The third kappa shape index (κ3) is 5.56. The molecule has 2 aromatic rings. The molecule has 0 spiro atoms. The van der Waals surface area contributed by atoms with Crippen molar-refractivity contribution < 1.29 is 9.84 Å². The van der Waals surface area contributed by atoms with E-state index in [4.69, 9.17) is 4.74 Å². The molecule has 0 radical (unpaired) electrons. The summed E-state index contributed by atoms with van der Waals surface area (Å²) in [6.45, 7) is 9.42. The third-order valence-corrected chi connectivity index (χ3v) is 8.07. The summed E-state index contributed by atoms with van der Waals surface area (Å²) in [4.78, 5) is 4.85. The van der Waals surface area contributed by atoms with Crippen LogP contribution in [0.1, 0.15) is 59.1 Å². The van der Waals surface area contributed by atoms with Crippen molar-refractivity contribution in [2.45, 2.75) is 71.3 Å². The van der Waals surface area contributed by atoms with Gasteiger partial charge in [-0.15, -0.1) is 12.4 Å². The number of hydrogen-bond acceptors (Lipinski definition) is 4. The second kappa shape index (κ2) is 11.3. The van der Waals surface area contributed by atoms with Crippen molar-refractivity contribution in [3.05, 3.63) is 57.6 Å². The van der Waals surface area contributed by atoms with Crippen LogP contribution >= 0.6 is 12.4 Å². The van der Waals surface area contributed by atoms with E-state index in [-0.39, 0.29) is 12.4 Å². The first-order valence-corrected chi connectivity index (χ1v) is 13.1. The van der Waals surface area contributed by atoms with E-state index in [2.05, 4.69) is 47.9 Å². The molecule has 0 amide bonds. The number of halogens is 1. The summed E-state index contributed by atoms with van der Waals surface area (Å²) in [5, 5.41) is 10.8. The second-order valence-electron chi connectivity index (χ2n) is 10.4. The number of aliphatic hydroxyl groups excluding tert-OH is 1. The monoisotopic (exact) mass is 484 g/mol. The summed E-state index contributed by atoms with van der Waals surface area (Å²) in [6, 6.07) is 9.07. The van der Waals surface area contributed by atoms with Crippen molar-refractivity contribution >= 4 is 18.1 Å². The molecular weight excluding hydrogens is 444 g/mol. The van der Waals surface area contributed by atoms with Gasteiger partial charge in [-0.05, 0) is 117 Å². The van der Waals surface area contributed by atoms with Gasteiger partial charge in [-0.1, -0.05) is 6.07 Å². The molecule has 1 aliphatic heterocycles. The van der Waals surface area contributed by atoms with Gasteiger partial charge < -0.3 is 14.7 Å². The summed E-state index contributed by atoms with van der Waals surface area (Å²) in [6.07, 6.45) is 9.51. The second-order valence-corrected chi connectivity index (χ2v) is 10.4. The van der Waals surface area contributed by atoms with E-state index < -0.39 is 6.10 Å². The van der Waals surface area contributed by atoms with E-state index in [0.717, 1.165) is 38.3 Å². The zero-order valence-corrected chi connectivity index (χ0v) is 21.8. The molecule has 1 N–H and O–H groups in total. The molecule has 186 valence electrons. The highest BCUT2D eigenvalue weighted by Crippen LogP contribution is 2.38. The van der Waals surface area contributed by atoms with E-state index in [1.807, 2.05) is 0 Å². The van der Waals surface area contributed by atoms with Crippen molar-refractivity contribution in [2.24, 2.45) is 0 Å². The van der Waals surface area contributed by atoms with Gasteiger partial charge in [0.05, 0.1) is 0 Å². The smallest absolute Gasteiger partial charge is 0.123 e. The van der Waals surface area contributed by atoms with E-state index in [0.29, 0.717) is 13.2 Å². The molecule has 1 atom stereocenters. The van der Waals surface area contributed by atoms with Crippen LogP contribution in [0.4, 0.5) is 5.69 Å². The lowest BCUT2D eigenvalue weighted by Crippen LogP contribution is -2.49. The topological polar surface area (TPSA) is 35.9 Å². The minimum Gasteiger partial charge on any atom is -0.491 e. The van der Waals surface area contributed by atoms with Crippen LogP contribution in [0.15, 0.2) is 24.3 Å². The van der Waals surface area contributed by atoms with E-state index >= 15 is 0 Å². The Morgan fingerprint density at radius 2 is 1.50 bits per heavy atom. The highest BCUT2D eigenvalue weighted by Gasteiger charge is 2.24. The predicted octanol–water partition coefficient (Wildman–Crippen LogP) is 5.04. The lowest BCUT2D eigenvalue weighted by molar-refractivity contribution is 0.0658. The number of benzene rings is 2. The predicted molar refractivity (Wildman–Crippen MR) is 143 cm³/mol. The molecule has 0 aromatic heterocycles. The molecule has 0 saturated carbocycles. The van der Waals surface area contributed by atoms with Gasteiger partial charge >= 0.3 is 0 Å². The van der Waals surface area contributed by atoms with Crippen LogP contribution in [0.25, 0.3) is 0 Å². The van der Waals surface area contributed by atoms with Gasteiger partial charge in [-0.2, -0.15) is 0 Å². The number of aryl methyl sites for hydroxylation is 3. The fraction of sp³-hybridized carbons (Fsp3) is 0.586. The maximum atomic E-state index is 10.8. The number of ether oxygens (including phenoxy) is 1. The molecular formula is C29H41ClN2O2. The van der Waals surface area contributed by atoms with Gasteiger partial charge in [0.2, 0.25) is 0 Å². The van der Waals surface area contributed by atoms with Gasteiger partial charge in [0, 0.05) is 38.4 Å². The average Bonchev–Trinajstić information content (AvgIpc) is 2.85. The van der Waals surface area contributed by atoms with Crippen LogP contribution in [0, 0.1) is 13.8 Å². The van der Waals surface area contributed by atoms with Gasteiger partial charge in [-0.25, -0.2) is 0 Å². The Morgan fingerprint density at radius 1 is 0.824 bits per heavy atom. The van der Waals surface area contributed by atoms with Crippen LogP contribution in [0.3, 0.4) is 0 Å². The molecule has 2 aliphatic carbocycles. The number of hydrogen-bond donors (Lipinski definition) is 1. The average molecular weight is 485 g/mol. The normalized spacial score (nSPS) is 19.1. The van der Waals surface area contributed by atoms with Crippen LogP contribution in [0.5, 0.6) is 5.75 Å². The first-order valence-electron chi connectivity index (χ1n) is 13.1. The lowest BCUT2D eigenvalue weighted by atomic mass is 9.80. The molecule has 5 rings (SSSR count). The summed E-state index contributed by atoms with van der Waals surface area (Å²) in [5.41, 5.74) is 10.2. The number of anilines is 1. The minimum absolute atomic E-state index is 0. The molecule has 1 saturated heterocycles. The zero-order chi connectivity index (χ0) is 22.8. The first-order chi connectivity index (χ1) is 16.1. The van der Waals surface area contributed by atoms with E-state index in [9.17, 15) is 5.11 Å². The van der Waals surface area contributed by atoms with Gasteiger partial charge in [-0.3, -0.25) is 4.90 Å². The maximum Gasteiger partial charge on any atom is 0.123 e. The lowest BCUT2D eigenvalue weighted by Gasteiger charge is -2.37. The fourth-order valence-electron chi connectivity index (χ4n) is 5.96. The zero-order valence-electron chi connectivity index (χ0n) is 20.9. The largest absolute Gasteiger partial charge is 0.491 e. The number of aliphatic hydroxyl groups is 1. The molecule has 4 nitrogen and oxygen atoms in total. The quantitative estimate of drug-likeness (QED) is 0.622. The Hall–Kier alpha value is -1.75. The van der Waals surface area contributed by atoms with Crippen LogP contribution in [-0.2, 0) is 25.7 Å². The first kappa shape index (κ1) is 25.3. The summed E-state index contributed by atoms with van der Waals surface area (Å²) in [5.74, 6) is 1.06. The maximum absolute atomic E-state index is 10.8.